The number of aromatic nitrogens is 4. The molecule has 2 aromatic heterocycles. The third-order valence-electron chi connectivity index (χ3n) is 4.62. The smallest absolute Gasteiger partial charge is 0.223 e. The van der Waals surface area contributed by atoms with Gasteiger partial charge in [-0.15, -0.1) is 0 Å². The van der Waals surface area contributed by atoms with Gasteiger partial charge in [-0.25, -0.2) is 9.97 Å². The number of methoxy groups -OCH3 is 2. The Labute approximate surface area is 172 Å². The van der Waals surface area contributed by atoms with Crippen LogP contribution in [0.5, 0.6) is 17.4 Å². The van der Waals surface area contributed by atoms with Crippen LogP contribution in [0.3, 0.4) is 0 Å². The summed E-state index contributed by atoms with van der Waals surface area (Å²) >= 11 is 5.88. The molecule has 8 heteroatoms. The topological polar surface area (TPSA) is 85.1 Å². The lowest BCUT2D eigenvalue weighted by Crippen LogP contribution is -2.08. The normalized spacial score (nSPS) is 11.0. The number of imidazole rings is 1. The van der Waals surface area contributed by atoms with Crippen molar-refractivity contribution in [1.29, 1.82) is 0 Å². The first-order chi connectivity index (χ1) is 14.1. The maximum Gasteiger partial charge on any atom is 0.223 e. The van der Waals surface area contributed by atoms with E-state index in [-0.39, 0.29) is 5.28 Å². The molecule has 0 atom stereocenters. The maximum absolute atomic E-state index is 12.5. The molecule has 4 rings (SSSR count). The van der Waals surface area contributed by atoms with E-state index in [1.165, 1.54) is 0 Å². The van der Waals surface area contributed by atoms with E-state index in [1.54, 1.807) is 14.2 Å². The van der Waals surface area contributed by atoms with Crippen LogP contribution in [0, 0.1) is 0 Å². The molecule has 4 aromatic rings. The van der Waals surface area contributed by atoms with Gasteiger partial charge in [-0.2, -0.15) is 4.98 Å². The quantitative estimate of drug-likeness (QED) is 0.454. The highest BCUT2D eigenvalue weighted by Gasteiger charge is 2.16. The molecule has 0 saturated heterocycles. The van der Waals surface area contributed by atoms with Crippen molar-refractivity contribution < 1.29 is 14.6 Å². The molecule has 2 heterocycles. The van der Waals surface area contributed by atoms with Gasteiger partial charge in [-0.3, -0.25) is 0 Å². The molecule has 2 aromatic carbocycles. The second-order valence-corrected chi connectivity index (χ2v) is 6.77. The van der Waals surface area contributed by atoms with Crippen LogP contribution in [-0.4, -0.2) is 33.7 Å². The van der Waals surface area contributed by atoms with Gasteiger partial charge in [0.15, 0.2) is 17.1 Å². The first kappa shape index (κ1) is 19.0. The highest BCUT2D eigenvalue weighted by molar-refractivity contribution is 6.28. The zero-order valence-electron chi connectivity index (χ0n) is 15.9. The van der Waals surface area contributed by atoms with Gasteiger partial charge in [0.1, 0.15) is 5.82 Å². The minimum Gasteiger partial charge on any atom is -0.857 e. The lowest BCUT2D eigenvalue weighted by atomic mass is 10.1. The van der Waals surface area contributed by atoms with E-state index >= 15 is 0 Å². The number of hydrogen-bond donors (Lipinski definition) is 0. The van der Waals surface area contributed by atoms with Crippen molar-refractivity contribution in [3.05, 3.63) is 70.8 Å². The van der Waals surface area contributed by atoms with Crippen LogP contribution in [0.2, 0.25) is 5.28 Å². The van der Waals surface area contributed by atoms with Crippen molar-refractivity contribution in [2.75, 3.05) is 14.2 Å². The van der Waals surface area contributed by atoms with E-state index in [9.17, 15) is 5.11 Å². The van der Waals surface area contributed by atoms with Gasteiger partial charge in [-0.05, 0) is 34.9 Å². The molecule has 7 nitrogen and oxygen atoms in total. The predicted octanol–water partition coefficient (Wildman–Crippen LogP) is 3.21. The number of nitrogens with zero attached hydrogens (tertiary/aromatic N) is 4. The van der Waals surface area contributed by atoms with E-state index in [4.69, 9.17) is 21.1 Å². The Bertz CT molecular complexity index is 1160. The Balaban J connectivity index is 1.81. The zero-order valence-corrected chi connectivity index (χ0v) is 16.7. The summed E-state index contributed by atoms with van der Waals surface area (Å²) in [6.45, 7) is 0.472. The molecule has 0 spiro atoms. The van der Waals surface area contributed by atoms with Crippen molar-refractivity contribution >= 4 is 22.8 Å². The summed E-state index contributed by atoms with van der Waals surface area (Å²) in [5.74, 6) is 1.52. The van der Waals surface area contributed by atoms with E-state index in [1.807, 2.05) is 53.1 Å². The van der Waals surface area contributed by atoms with Crippen LogP contribution in [0.15, 0.2) is 48.5 Å². The Kier molecular flexibility index (Phi) is 5.22. The van der Waals surface area contributed by atoms with Gasteiger partial charge in [0.2, 0.25) is 5.28 Å². The molecule has 0 amide bonds. The molecule has 0 unspecified atom stereocenters. The van der Waals surface area contributed by atoms with Gasteiger partial charge in [0, 0.05) is 18.8 Å². The molecule has 29 heavy (non-hydrogen) atoms. The number of ether oxygens (including phenoxy) is 2. The average Bonchev–Trinajstić information content (AvgIpc) is 3.05. The number of rotatable bonds is 6. The lowest BCUT2D eigenvalue weighted by molar-refractivity contribution is -0.272. The van der Waals surface area contributed by atoms with Gasteiger partial charge in [-0.1, -0.05) is 36.4 Å². The van der Waals surface area contributed by atoms with E-state index < -0.39 is 5.88 Å². The molecule has 0 aliphatic heterocycles. The van der Waals surface area contributed by atoms with Gasteiger partial charge in [0.05, 0.1) is 19.7 Å². The summed E-state index contributed by atoms with van der Waals surface area (Å²) < 4.78 is 12.5. The summed E-state index contributed by atoms with van der Waals surface area (Å²) in [6, 6.07) is 15.5. The Morgan fingerprint density at radius 2 is 1.69 bits per heavy atom. The summed E-state index contributed by atoms with van der Waals surface area (Å²) in [7, 11) is 3.18. The minimum absolute atomic E-state index is 0.107. The van der Waals surface area contributed by atoms with Gasteiger partial charge >= 0.3 is 0 Å². The van der Waals surface area contributed by atoms with Crippen molar-refractivity contribution in [2.24, 2.45) is 0 Å². The number of benzene rings is 2. The summed E-state index contributed by atoms with van der Waals surface area (Å²) in [4.78, 5) is 12.5. The fourth-order valence-corrected chi connectivity index (χ4v) is 3.42. The molecule has 0 bridgehead atoms. The molecule has 0 aliphatic rings. The van der Waals surface area contributed by atoms with Crippen molar-refractivity contribution in [3.63, 3.8) is 0 Å². The third kappa shape index (κ3) is 3.82. The van der Waals surface area contributed by atoms with Crippen LogP contribution < -0.4 is 14.6 Å². The summed E-state index contributed by atoms with van der Waals surface area (Å²) in [5, 5.41) is 12.4. The molecule has 148 valence electrons. The Morgan fingerprint density at radius 1 is 0.931 bits per heavy atom. The highest BCUT2D eigenvalue weighted by Crippen LogP contribution is 2.30. The van der Waals surface area contributed by atoms with Gasteiger partial charge < -0.3 is 19.1 Å². The first-order valence-corrected chi connectivity index (χ1v) is 9.31. The molecule has 0 radical (unpaired) electrons. The lowest BCUT2D eigenvalue weighted by Gasteiger charge is -2.14. The van der Waals surface area contributed by atoms with E-state index in [2.05, 4.69) is 15.0 Å². The largest absolute Gasteiger partial charge is 0.857 e. The van der Waals surface area contributed by atoms with Crippen LogP contribution >= 0.6 is 11.6 Å². The molecular formula is C21H18ClN4O3-. The van der Waals surface area contributed by atoms with Crippen molar-refractivity contribution in [1.82, 2.24) is 19.5 Å². The summed E-state index contributed by atoms with van der Waals surface area (Å²) in [5.41, 5.74) is 2.63. The van der Waals surface area contributed by atoms with Crippen LogP contribution in [0.25, 0.3) is 11.2 Å². The number of fused-ring (bicyclic) bond motifs is 1. The van der Waals surface area contributed by atoms with Crippen LogP contribution in [-0.2, 0) is 13.0 Å². The second-order valence-electron chi connectivity index (χ2n) is 6.44. The van der Waals surface area contributed by atoms with Crippen LogP contribution in [0.4, 0.5) is 0 Å². The highest BCUT2D eigenvalue weighted by atomic mass is 35.5. The molecule has 0 N–H and O–H groups in total. The fourth-order valence-electron chi connectivity index (χ4n) is 3.27. The fraction of sp³-hybridized carbons (Fsp3) is 0.190. The second kappa shape index (κ2) is 7.97. The van der Waals surface area contributed by atoms with Gasteiger partial charge in [0.25, 0.3) is 0 Å². The minimum atomic E-state index is -0.443. The monoisotopic (exact) mass is 409 g/mol. The molecule has 0 aliphatic carbocycles. The maximum atomic E-state index is 12.5. The predicted molar refractivity (Wildman–Crippen MR) is 108 cm³/mol. The summed E-state index contributed by atoms with van der Waals surface area (Å²) in [6.07, 6.45) is 0.473. The van der Waals surface area contributed by atoms with E-state index in [0.29, 0.717) is 41.5 Å². The van der Waals surface area contributed by atoms with E-state index in [0.717, 1.165) is 11.1 Å². The van der Waals surface area contributed by atoms with Crippen LogP contribution in [0.1, 0.15) is 17.0 Å². The molecule has 0 fully saturated rings. The molecule has 0 saturated carbocycles. The number of halogens is 1. The Hall–Kier alpha value is -3.32. The van der Waals surface area contributed by atoms with Crippen molar-refractivity contribution in [2.45, 2.75) is 13.0 Å². The standard InChI is InChI=1S/C21H19ClN4O3/c1-28-15-9-8-14(10-16(15)29-2)11-17-23-19-18(20(27)25-21(22)24-19)26(17)12-13-6-4-3-5-7-13/h3-10H,11-12H2,1-2H3,(H,24,25,27)/p-1. The number of hydrogen-bond acceptors (Lipinski definition) is 6. The zero-order chi connectivity index (χ0) is 20.4. The average molecular weight is 410 g/mol. The molecular weight excluding hydrogens is 392 g/mol. The Morgan fingerprint density at radius 3 is 2.41 bits per heavy atom. The third-order valence-corrected chi connectivity index (χ3v) is 4.79. The first-order valence-electron chi connectivity index (χ1n) is 8.93. The van der Waals surface area contributed by atoms with Crippen molar-refractivity contribution in [3.8, 4) is 17.4 Å². The SMILES string of the molecule is COc1ccc(Cc2nc3nc(Cl)nc([O-])c3n2Cc2ccccc2)cc1OC.